The van der Waals surface area contributed by atoms with E-state index < -0.39 is 0 Å². The van der Waals surface area contributed by atoms with Gasteiger partial charge in [-0.1, -0.05) is 13.8 Å². The zero-order valence-corrected chi connectivity index (χ0v) is 10.9. The summed E-state index contributed by atoms with van der Waals surface area (Å²) < 4.78 is 5.41. The molecule has 0 aliphatic heterocycles. The monoisotopic (exact) mass is 252 g/mol. The van der Waals surface area contributed by atoms with E-state index in [1.54, 1.807) is 13.2 Å². The minimum Gasteiger partial charge on any atom is -0.381 e. The van der Waals surface area contributed by atoms with Crippen molar-refractivity contribution < 1.29 is 4.74 Å². The molecule has 0 amide bonds. The van der Waals surface area contributed by atoms with Crippen LogP contribution in [-0.2, 0) is 4.74 Å². The predicted molar refractivity (Wildman–Crippen MR) is 70.9 cm³/mol. The van der Waals surface area contributed by atoms with Gasteiger partial charge in [-0.05, 0) is 6.42 Å². The number of aromatic nitrogens is 2. The Morgan fingerprint density at radius 2 is 2.06 bits per heavy atom. The molecule has 1 aliphatic carbocycles. The Balaban J connectivity index is 2.09. The van der Waals surface area contributed by atoms with Crippen molar-refractivity contribution in [2.75, 3.05) is 23.6 Å². The summed E-state index contributed by atoms with van der Waals surface area (Å²) in [5, 5.41) is 3.34. The van der Waals surface area contributed by atoms with Gasteiger partial charge in [0, 0.05) is 24.6 Å². The zero-order valence-electron chi connectivity index (χ0n) is 10.9. The van der Waals surface area contributed by atoms with Crippen LogP contribution >= 0.6 is 0 Å². The fourth-order valence-electron chi connectivity index (χ4n) is 2.32. The Morgan fingerprint density at radius 1 is 1.39 bits per heavy atom. The Morgan fingerprint density at radius 3 is 2.61 bits per heavy atom. The molecule has 2 atom stereocenters. The highest BCUT2D eigenvalue weighted by atomic mass is 16.5. The molecule has 1 heterocycles. The summed E-state index contributed by atoms with van der Waals surface area (Å²) in [6.07, 6.45) is 1.21. The van der Waals surface area contributed by atoms with Crippen LogP contribution in [0.2, 0.25) is 0 Å². The number of rotatable bonds is 4. The normalized spacial score (nSPS) is 25.3. The molecular formula is C11H20N6O. The third-order valence-corrected chi connectivity index (χ3v) is 3.68. The Hall–Kier alpha value is -1.60. The van der Waals surface area contributed by atoms with E-state index in [4.69, 9.17) is 16.3 Å². The lowest BCUT2D eigenvalue weighted by Gasteiger charge is -2.51. The average molecular weight is 252 g/mol. The van der Waals surface area contributed by atoms with Gasteiger partial charge < -0.3 is 21.2 Å². The molecule has 18 heavy (non-hydrogen) atoms. The first-order chi connectivity index (χ1) is 8.47. The molecule has 1 aliphatic rings. The second-order valence-corrected chi connectivity index (χ2v) is 5.12. The lowest BCUT2D eigenvalue weighted by molar-refractivity contribution is -0.0795. The fourth-order valence-corrected chi connectivity index (χ4v) is 2.32. The van der Waals surface area contributed by atoms with Crippen LogP contribution in [0.3, 0.4) is 0 Å². The van der Waals surface area contributed by atoms with Crippen LogP contribution in [0.4, 0.5) is 17.6 Å². The summed E-state index contributed by atoms with van der Waals surface area (Å²) in [7, 11) is 1.74. The highest BCUT2D eigenvalue weighted by Gasteiger charge is 2.48. The molecule has 6 N–H and O–H groups in total. The molecule has 1 saturated carbocycles. The number of hydrazine groups is 1. The first kappa shape index (κ1) is 12.8. The molecule has 0 radical (unpaired) electrons. The molecule has 0 bridgehead atoms. The number of hydrogen-bond acceptors (Lipinski definition) is 7. The molecule has 2 rings (SSSR count). The molecule has 100 valence electrons. The van der Waals surface area contributed by atoms with Crippen LogP contribution in [0.15, 0.2) is 6.07 Å². The summed E-state index contributed by atoms with van der Waals surface area (Å²) in [5.74, 6) is 6.67. The van der Waals surface area contributed by atoms with Crippen LogP contribution < -0.4 is 22.3 Å². The number of hydrogen-bond donors (Lipinski definition) is 4. The van der Waals surface area contributed by atoms with Gasteiger partial charge in [0.1, 0.15) is 11.6 Å². The molecular weight excluding hydrogens is 232 g/mol. The topological polar surface area (TPSA) is 111 Å². The number of anilines is 3. The highest BCUT2D eigenvalue weighted by Crippen LogP contribution is 2.43. The van der Waals surface area contributed by atoms with Crippen molar-refractivity contribution in [3.8, 4) is 0 Å². The van der Waals surface area contributed by atoms with Crippen LogP contribution in [0, 0.1) is 5.41 Å². The predicted octanol–water partition coefficient (Wildman–Crippen LogP) is 0.570. The maximum absolute atomic E-state index is 5.61. The van der Waals surface area contributed by atoms with Crippen molar-refractivity contribution in [3.05, 3.63) is 6.07 Å². The first-order valence-electron chi connectivity index (χ1n) is 5.88. The van der Waals surface area contributed by atoms with Crippen molar-refractivity contribution >= 4 is 17.6 Å². The van der Waals surface area contributed by atoms with Gasteiger partial charge >= 0.3 is 0 Å². The first-order valence-corrected chi connectivity index (χ1v) is 5.88. The smallest absolute Gasteiger partial charge is 0.223 e. The Kier molecular flexibility index (Phi) is 3.27. The third-order valence-electron chi connectivity index (χ3n) is 3.68. The number of nitrogens with one attached hydrogen (secondary N) is 2. The van der Waals surface area contributed by atoms with E-state index >= 15 is 0 Å². The van der Waals surface area contributed by atoms with Gasteiger partial charge in [-0.2, -0.15) is 9.97 Å². The van der Waals surface area contributed by atoms with Crippen LogP contribution in [0.5, 0.6) is 0 Å². The summed E-state index contributed by atoms with van der Waals surface area (Å²) in [5.41, 5.74) is 8.13. The SMILES string of the molecule is COC1CC(Nc2cc(NN)nc(N)n2)C1(C)C. The van der Waals surface area contributed by atoms with E-state index in [9.17, 15) is 0 Å². The number of ether oxygens (including phenoxy) is 1. The van der Waals surface area contributed by atoms with Crippen molar-refractivity contribution in [1.82, 2.24) is 9.97 Å². The van der Waals surface area contributed by atoms with Gasteiger partial charge in [-0.15, -0.1) is 0 Å². The molecule has 0 saturated heterocycles. The Bertz CT molecular complexity index is 436. The number of methoxy groups -OCH3 is 1. The maximum atomic E-state index is 5.61. The van der Waals surface area contributed by atoms with Crippen molar-refractivity contribution in [3.63, 3.8) is 0 Å². The molecule has 1 fully saturated rings. The number of nitrogens with two attached hydrogens (primary N) is 2. The second kappa shape index (κ2) is 4.58. The van der Waals surface area contributed by atoms with Gasteiger partial charge in [0.05, 0.1) is 6.10 Å². The van der Waals surface area contributed by atoms with Crippen molar-refractivity contribution in [2.45, 2.75) is 32.4 Å². The second-order valence-electron chi connectivity index (χ2n) is 5.12. The van der Waals surface area contributed by atoms with E-state index in [1.165, 1.54) is 0 Å². The summed E-state index contributed by atoms with van der Waals surface area (Å²) in [6.45, 7) is 4.32. The molecule has 0 aromatic carbocycles. The highest BCUT2D eigenvalue weighted by molar-refractivity contribution is 5.51. The van der Waals surface area contributed by atoms with E-state index in [-0.39, 0.29) is 17.5 Å². The van der Waals surface area contributed by atoms with Gasteiger partial charge in [-0.3, -0.25) is 0 Å². The molecule has 7 nitrogen and oxygen atoms in total. The van der Waals surface area contributed by atoms with E-state index in [1.807, 2.05) is 0 Å². The largest absolute Gasteiger partial charge is 0.381 e. The van der Waals surface area contributed by atoms with Crippen molar-refractivity contribution in [1.29, 1.82) is 0 Å². The van der Waals surface area contributed by atoms with Gasteiger partial charge in [0.15, 0.2) is 0 Å². The number of nitrogens with zero attached hydrogens (tertiary/aromatic N) is 2. The van der Waals surface area contributed by atoms with E-state index in [0.717, 1.165) is 6.42 Å². The van der Waals surface area contributed by atoms with Crippen LogP contribution in [0.25, 0.3) is 0 Å². The van der Waals surface area contributed by atoms with Crippen LogP contribution in [0.1, 0.15) is 20.3 Å². The third kappa shape index (κ3) is 2.19. The summed E-state index contributed by atoms with van der Waals surface area (Å²) in [6, 6.07) is 2.02. The van der Waals surface area contributed by atoms with Crippen LogP contribution in [-0.4, -0.2) is 29.2 Å². The molecule has 1 aromatic rings. The van der Waals surface area contributed by atoms with E-state index in [2.05, 4.69) is 34.6 Å². The molecule has 1 aromatic heterocycles. The fraction of sp³-hybridized carbons (Fsp3) is 0.636. The quantitative estimate of drug-likeness (QED) is 0.458. The van der Waals surface area contributed by atoms with Gasteiger partial charge in [0.2, 0.25) is 5.95 Å². The van der Waals surface area contributed by atoms with Gasteiger partial charge in [0.25, 0.3) is 0 Å². The summed E-state index contributed by atoms with van der Waals surface area (Å²) >= 11 is 0. The van der Waals surface area contributed by atoms with Crippen molar-refractivity contribution in [2.24, 2.45) is 11.3 Å². The number of nitrogen functional groups attached to an aromatic ring is 2. The summed E-state index contributed by atoms with van der Waals surface area (Å²) in [4.78, 5) is 8.08. The minimum atomic E-state index is 0.0603. The molecule has 7 heteroatoms. The molecule has 0 spiro atoms. The lowest BCUT2D eigenvalue weighted by Crippen LogP contribution is -2.57. The maximum Gasteiger partial charge on any atom is 0.223 e. The lowest BCUT2D eigenvalue weighted by atomic mass is 9.64. The van der Waals surface area contributed by atoms with Gasteiger partial charge in [-0.25, -0.2) is 5.84 Å². The Labute approximate surface area is 106 Å². The standard InChI is InChI=1S/C11H20N6O/c1-11(2)6(4-7(11)18-3)14-8-5-9(17-13)16-10(12)15-8/h5-7H,4,13H2,1-3H3,(H4,12,14,15,16,17). The van der Waals surface area contributed by atoms with E-state index in [0.29, 0.717) is 17.7 Å². The average Bonchev–Trinajstić information content (AvgIpc) is 2.33. The minimum absolute atomic E-state index is 0.0603. The molecule has 2 unspecified atom stereocenters. The zero-order chi connectivity index (χ0) is 13.3.